The number of fused-ring (bicyclic) bond motifs is 3. The highest BCUT2D eigenvalue weighted by Gasteiger charge is 2.15. The average molecular weight is 342 g/mol. The Kier molecular flexibility index (Phi) is 3.46. The van der Waals surface area contributed by atoms with E-state index in [9.17, 15) is 4.79 Å². The standard InChI is InChI=1S/C16H14N4OS2/c1-10-4-3-5-11(8-10)9-23-16-18-17-15-19(2)14(21)13-12(20(15)16)6-7-22-13/h3-8H,9H2,1-2H3. The van der Waals surface area contributed by atoms with Crippen LogP contribution in [0.15, 0.2) is 45.7 Å². The predicted octanol–water partition coefficient (Wildman–Crippen LogP) is 3.24. The molecule has 0 amide bonds. The summed E-state index contributed by atoms with van der Waals surface area (Å²) in [5.74, 6) is 1.39. The first-order chi connectivity index (χ1) is 11.1. The third kappa shape index (κ3) is 2.36. The lowest BCUT2D eigenvalue weighted by Crippen LogP contribution is -2.18. The van der Waals surface area contributed by atoms with Gasteiger partial charge in [0.2, 0.25) is 5.78 Å². The molecule has 4 rings (SSSR count). The van der Waals surface area contributed by atoms with Crippen LogP contribution in [0, 0.1) is 6.92 Å². The van der Waals surface area contributed by atoms with E-state index in [1.165, 1.54) is 22.5 Å². The minimum Gasteiger partial charge on any atom is -0.279 e. The van der Waals surface area contributed by atoms with Crippen LogP contribution in [-0.2, 0) is 12.8 Å². The van der Waals surface area contributed by atoms with Crippen molar-refractivity contribution in [2.24, 2.45) is 7.05 Å². The van der Waals surface area contributed by atoms with Gasteiger partial charge in [0.05, 0.1) is 5.52 Å². The van der Waals surface area contributed by atoms with Crippen molar-refractivity contribution >= 4 is 39.1 Å². The SMILES string of the molecule is Cc1cccc(CSc2nnc3n(C)c(=O)c4sccc4n23)c1. The molecule has 0 unspecified atom stereocenters. The average Bonchev–Trinajstić information content (AvgIpc) is 3.17. The van der Waals surface area contributed by atoms with Crippen molar-refractivity contribution in [3.63, 3.8) is 0 Å². The van der Waals surface area contributed by atoms with E-state index in [2.05, 4.69) is 41.4 Å². The summed E-state index contributed by atoms with van der Waals surface area (Å²) in [6, 6.07) is 10.4. The van der Waals surface area contributed by atoms with Crippen LogP contribution >= 0.6 is 23.1 Å². The first kappa shape index (κ1) is 14.5. The zero-order valence-electron chi connectivity index (χ0n) is 12.7. The molecule has 0 fully saturated rings. The highest BCUT2D eigenvalue weighted by Crippen LogP contribution is 2.26. The van der Waals surface area contributed by atoms with E-state index in [1.54, 1.807) is 23.4 Å². The van der Waals surface area contributed by atoms with Gasteiger partial charge in [-0.1, -0.05) is 41.6 Å². The monoisotopic (exact) mass is 342 g/mol. The number of thiophene rings is 1. The second-order valence-electron chi connectivity index (χ2n) is 5.39. The first-order valence-electron chi connectivity index (χ1n) is 7.15. The van der Waals surface area contributed by atoms with Gasteiger partial charge in [0.25, 0.3) is 5.56 Å². The van der Waals surface area contributed by atoms with Crippen molar-refractivity contribution in [1.82, 2.24) is 19.2 Å². The van der Waals surface area contributed by atoms with E-state index in [0.717, 1.165) is 21.1 Å². The van der Waals surface area contributed by atoms with Crippen molar-refractivity contribution < 1.29 is 0 Å². The predicted molar refractivity (Wildman–Crippen MR) is 94.4 cm³/mol. The molecule has 0 saturated heterocycles. The lowest BCUT2D eigenvalue weighted by Gasteiger charge is -2.05. The van der Waals surface area contributed by atoms with Crippen LogP contribution in [0.5, 0.6) is 0 Å². The van der Waals surface area contributed by atoms with Gasteiger partial charge >= 0.3 is 0 Å². The summed E-state index contributed by atoms with van der Waals surface area (Å²) in [5, 5.41) is 11.2. The summed E-state index contributed by atoms with van der Waals surface area (Å²) in [5.41, 5.74) is 3.35. The molecule has 0 radical (unpaired) electrons. The fourth-order valence-corrected chi connectivity index (χ4v) is 4.35. The van der Waals surface area contributed by atoms with Gasteiger partial charge in [-0.05, 0) is 23.9 Å². The lowest BCUT2D eigenvalue weighted by atomic mass is 10.2. The Balaban J connectivity index is 1.80. The second-order valence-corrected chi connectivity index (χ2v) is 7.25. The third-order valence-electron chi connectivity index (χ3n) is 3.75. The smallest absolute Gasteiger partial charge is 0.272 e. The molecule has 0 bridgehead atoms. The van der Waals surface area contributed by atoms with Gasteiger partial charge in [-0.15, -0.1) is 21.5 Å². The summed E-state index contributed by atoms with van der Waals surface area (Å²) < 4.78 is 4.26. The highest BCUT2D eigenvalue weighted by atomic mass is 32.2. The Hall–Kier alpha value is -2.12. The van der Waals surface area contributed by atoms with Crippen molar-refractivity contribution in [2.45, 2.75) is 17.8 Å². The number of nitrogens with zero attached hydrogens (tertiary/aromatic N) is 4. The third-order valence-corrected chi connectivity index (χ3v) is 5.64. The summed E-state index contributed by atoms with van der Waals surface area (Å²) in [7, 11) is 1.74. The largest absolute Gasteiger partial charge is 0.279 e. The minimum absolute atomic E-state index is 0.0230. The molecule has 3 aromatic heterocycles. The molecule has 0 spiro atoms. The summed E-state index contributed by atoms with van der Waals surface area (Å²) >= 11 is 3.08. The molecule has 0 saturated carbocycles. The van der Waals surface area contributed by atoms with E-state index >= 15 is 0 Å². The lowest BCUT2D eigenvalue weighted by molar-refractivity contribution is 0.856. The number of benzene rings is 1. The number of thioether (sulfide) groups is 1. The van der Waals surface area contributed by atoms with E-state index in [4.69, 9.17) is 0 Å². The number of hydrogen-bond acceptors (Lipinski definition) is 5. The number of rotatable bonds is 3. The van der Waals surface area contributed by atoms with Gasteiger partial charge < -0.3 is 0 Å². The Morgan fingerprint density at radius 3 is 2.96 bits per heavy atom. The zero-order valence-corrected chi connectivity index (χ0v) is 14.3. The molecule has 23 heavy (non-hydrogen) atoms. The summed E-state index contributed by atoms with van der Waals surface area (Å²) in [6.07, 6.45) is 0. The fraction of sp³-hybridized carbons (Fsp3) is 0.188. The Morgan fingerprint density at radius 1 is 1.26 bits per heavy atom. The normalized spacial score (nSPS) is 11.6. The molecule has 5 nitrogen and oxygen atoms in total. The maximum atomic E-state index is 12.3. The Labute approximate surface area is 140 Å². The Bertz CT molecular complexity index is 1080. The maximum Gasteiger partial charge on any atom is 0.272 e. The van der Waals surface area contributed by atoms with Gasteiger partial charge in [-0.25, -0.2) is 0 Å². The van der Waals surface area contributed by atoms with Gasteiger partial charge in [0, 0.05) is 12.8 Å². The quantitative estimate of drug-likeness (QED) is 0.536. The molecule has 0 N–H and O–H groups in total. The molecule has 1 aromatic carbocycles. The topological polar surface area (TPSA) is 52.2 Å². The van der Waals surface area contributed by atoms with Crippen LogP contribution < -0.4 is 5.56 Å². The fourth-order valence-electron chi connectivity index (χ4n) is 2.62. The molecule has 0 aliphatic carbocycles. The van der Waals surface area contributed by atoms with Gasteiger partial charge in [-0.3, -0.25) is 13.8 Å². The van der Waals surface area contributed by atoms with Crippen molar-refractivity contribution in [3.05, 3.63) is 57.2 Å². The highest BCUT2D eigenvalue weighted by molar-refractivity contribution is 7.98. The van der Waals surface area contributed by atoms with E-state index in [0.29, 0.717) is 5.78 Å². The van der Waals surface area contributed by atoms with Gasteiger partial charge in [0.1, 0.15) is 4.70 Å². The van der Waals surface area contributed by atoms with E-state index in [-0.39, 0.29) is 5.56 Å². The molecule has 7 heteroatoms. The maximum absolute atomic E-state index is 12.3. The summed E-state index contributed by atoms with van der Waals surface area (Å²) in [6.45, 7) is 2.09. The van der Waals surface area contributed by atoms with Crippen LogP contribution in [0.4, 0.5) is 0 Å². The van der Waals surface area contributed by atoms with Gasteiger partial charge in [0.15, 0.2) is 5.16 Å². The van der Waals surface area contributed by atoms with Crippen LogP contribution in [0.2, 0.25) is 0 Å². The molecular formula is C16H14N4OS2. The van der Waals surface area contributed by atoms with Crippen molar-refractivity contribution in [1.29, 1.82) is 0 Å². The van der Waals surface area contributed by atoms with Crippen LogP contribution in [0.1, 0.15) is 11.1 Å². The molecule has 0 aliphatic rings. The molecule has 0 aliphatic heterocycles. The van der Waals surface area contributed by atoms with Crippen LogP contribution in [-0.4, -0.2) is 19.2 Å². The molecule has 4 aromatic rings. The van der Waals surface area contributed by atoms with E-state index < -0.39 is 0 Å². The first-order valence-corrected chi connectivity index (χ1v) is 9.01. The molecule has 116 valence electrons. The van der Waals surface area contributed by atoms with Crippen LogP contribution in [0.3, 0.4) is 0 Å². The second kappa shape index (κ2) is 5.50. The number of hydrogen-bond donors (Lipinski definition) is 0. The summed E-state index contributed by atoms with van der Waals surface area (Å²) in [4.78, 5) is 12.3. The number of aromatic nitrogens is 4. The molecule has 3 heterocycles. The molecule has 0 atom stereocenters. The van der Waals surface area contributed by atoms with Crippen molar-refractivity contribution in [2.75, 3.05) is 0 Å². The van der Waals surface area contributed by atoms with Crippen molar-refractivity contribution in [3.8, 4) is 0 Å². The van der Waals surface area contributed by atoms with E-state index in [1.807, 2.05) is 15.8 Å². The molecular weight excluding hydrogens is 328 g/mol. The minimum atomic E-state index is -0.0230. The Morgan fingerprint density at radius 2 is 2.13 bits per heavy atom. The van der Waals surface area contributed by atoms with Gasteiger partial charge in [-0.2, -0.15) is 0 Å². The number of aryl methyl sites for hydroxylation is 2. The zero-order chi connectivity index (χ0) is 16.0. The van der Waals surface area contributed by atoms with Crippen LogP contribution in [0.25, 0.3) is 16.0 Å².